The molecule has 1 fully saturated rings. The topological polar surface area (TPSA) is 25.0 Å². The maximum atomic E-state index is 5.17. The molecule has 66 valence electrons. The summed E-state index contributed by atoms with van der Waals surface area (Å²) in [5.74, 6) is 0.590. The molecular formula is C11H11NO. The molecule has 1 aromatic carbocycles. The average molecular weight is 173 g/mol. The molecule has 1 aromatic heterocycles. The maximum Gasteiger partial charge on any atom is 0.0571 e. The van der Waals surface area contributed by atoms with Crippen LogP contribution in [0.4, 0.5) is 0 Å². The van der Waals surface area contributed by atoms with Gasteiger partial charge in [-0.1, -0.05) is 18.2 Å². The first-order valence-corrected chi connectivity index (χ1v) is 4.59. The van der Waals surface area contributed by atoms with Crippen molar-refractivity contribution in [3.63, 3.8) is 0 Å². The van der Waals surface area contributed by atoms with Gasteiger partial charge in [0.15, 0.2) is 0 Å². The number of para-hydroxylation sites is 1. The van der Waals surface area contributed by atoms with E-state index in [1.54, 1.807) is 0 Å². The smallest absolute Gasteiger partial charge is 0.0571 e. The molecule has 0 aliphatic carbocycles. The normalized spacial score (nSPS) is 17.5. The van der Waals surface area contributed by atoms with Crippen LogP contribution in [0.3, 0.4) is 0 Å². The highest BCUT2D eigenvalue weighted by Crippen LogP contribution is 2.26. The van der Waals surface area contributed by atoms with Crippen LogP contribution in [0.5, 0.6) is 0 Å². The molecule has 0 amide bonds. The maximum absolute atomic E-state index is 5.17. The van der Waals surface area contributed by atoms with Crippen molar-refractivity contribution in [3.8, 4) is 0 Å². The summed E-state index contributed by atoms with van der Waals surface area (Å²) in [6.45, 7) is 1.74. The first-order valence-electron chi connectivity index (χ1n) is 4.59. The summed E-state index contributed by atoms with van der Waals surface area (Å²) in [6, 6.07) is 10.6. The van der Waals surface area contributed by atoms with Crippen LogP contribution in [0.1, 0.15) is 11.6 Å². The number of rotatable bonds is 1. The second-order valence-corrected chi connectivity index (χ2v) is 3.55. The van der Waals surface area contributed by atoms with Crippen LogP contribution < -0.4 is 0 Å². The lowest BCUT2D eigenvalue weighted by Crippen LogP contribution is -2.25. The molecule has 0 radical (unpaired) electrons. The number of aromatic nitrogens is 1. The van der Waals surface area contributed by atoms with Gasteiger partial charge in [0.2, 0.25) is 0 Å². The summed E-state index contributed by atoms with van der Waals surface area (Å²) in [5, 5.41) is 1.30. The van der Waals surface area contributed by atoms with E-state index in [0.29, 0.717) is 5.92 Å². The minimum Gasteiger partial charge on any atom is -0.380 e. The van der Waals surface area contributed by atoms with Gasteiger partial charge in [-0.2, -0.15) is 0 Å². The zero-order valence-electron chi connectivity index (χ0n) is 7.29. The Morgan fingerprint density at radius 3 is 2.77 bits per heavy atom. The number of fused-ring (bicyclic) bond motifs is 1. The Hall–Kier alpha value is -1.28. The van der Waals surface area contributed by atoms with Crippen LogP contribution in [-0.4, -0.2) is 18.2 Å². The van der Waals surface area contributed by atoms with Gasteiger partial charge in [0.25, 0.3) is 0 Å². The number of H-pyrrole nitrogens is 1. The van der Waals surface area contributed by atoms with Crippen LogP contribution in [-0.2, 0) is 4.74 Å². The Morgan fingerprint density at radius 2 is 2.08 bits per heavy atom. The highest BCUT2D eigenvalue weighted by Gasteiger charge is 2.21. The Labute approximate surface area is 76.5 Å². The van der Waals surface area contributed by atoms with E-state index in [-0.39, 0.29) is 0 Å². The lowest BCUT2D eigenvalue weighted by Gasteiger charge is -2.24. The molecule has 1 N–H and O–H groups in total. The number of hydrogen-bond acceptors (Lipinski definition) is 1. The van der Waals surface area contributed by atoms with Crippen LogP contribution in [0.15, 0.2) is 30.3 Å². The molecule has 0 atom stereocenters. The zero-order chi connectivity index (χ0) is 8.67. The number of nitrogens with one attached hydrogen (secondary N) is 1. The van der Waals surface area contributed by atoms with Crippen LogP contribution in [0.25, 0.3) is 10.9 Å². The number of hydrogen-bond donors (Lipinski definition) is 1. The molecule has 13 heavy (non-hydrogen) atoms. The molecule has 0 spiro atoms. The molecule has 3 rings (SSSR count). The molecule has 2 heteroatoms. The van der Waals surface area contributed by atoms with Crippen molar-refractivity contribution in [2.45, 2.75) is 5.92 Å². The van der Waals surface area contributed by atoms with Crippen molar-refractivity contribution in [3.05, 3.63) is 36.0 Å². The van der Waals surface area contributed by atoms with E-state index in [1.807, 2.05) is 0 Å². The van der Waals surface area contributed by atoms with Crippen LogP contribution in [0, 0.1) is 0 Å². The van der Waals surface area contributed by atoms with E-state index < -0.39 is 0 Å². The third-order valence-corrected chi connectivity index (χ3v) is 2.63. The van der Waals surface area contributed by atoms with E-state index in [1.165, 1.54) is 16.6 Å². The van der Waals surface area contributed by atoms with Crippen molar-refractivity contribution in [2.24, 2.45) is 0 Å². The van der Waals surface area contributed by atoms with Crippen LogP contribution >= 0.6 is 0 Å². The van der Waals surface area contributed by atoms with Gasteiger partial charge in [-0.15, -0.1) is 0 Å². The van der Waals surface area contributed by atoms with E-state index in [4.69, 9.17) is 4.74 Å². The highest BCUT2D eigenvalue weighted by atomic mass is 16.5. The monoisotopic (exact) mass is 173 g/mol. The fourth-order valence-corrected chi connectivity index (χ4v) is 1.73. The summed E-state index contributed by atoms with van der Waals surface area (Å²) in [4.78, 5) is 3.42. The minimum atomic E-state index is 0.590. The second-order valence-electron chi connectivity index (χ2n) is 3.55. The van der Waals surface area contributed by atoms with Crippen molar-refractivity contribution in [1.29, 1.82) is 0 Å². The van der Waals surface area contributed by atoms with Gasteiger partial charge in [-0.25, -0.2) is 0 Å². The van der Waals surface area contributed by atoms with E-state index in [0.717, 1.165) is 13.2 Å². The zero-order valence-corrected chi connectivity index (χ0v) is 7.29. The van der Waals surface area contributed by atoms with Gasteiger partial charge >= 0.3 is 0 Å². The molecule has 0 saturated carbocycles. The molecule has 2 nitrogen and oxygen atoms in total. The average Bonchev–Trinajstić information content (AvgIpc) is 2.43. The largest absolute Gasteiger partial charge is 0.380 e. The van der Waals surface area contributed by atoms with Gasteiger partial charge in [0.05, 0.1) is 13.2 Å². The Kier molecular flexibility index (Phi) is 1.43. The Balaban J connectivity index is 2.10. The van der Waals surface area contributed by atoms with Crippen molar-refractivity contribution in [2.75, 3.05) is 13.2 Å². The summed E-state index contributed by atoms with van der Waals surface area (Å²) >= 11 is 0. The predicted octanol–water partition coefficient (Wildman–Crippen LogP) is 2.28. The second kappa shape index (κ2) is 2.60. The van der Waals surface area contributed by atoms with Gasteiger partial charge < -0.3 is 9.72 Å². The fourth-order valence-electron chi connectivity index (χ4n) is 1.73. The number of ether oxygens (including phenoxy) is 1. The highest BCUT2D eigenvalue weighted by molar-refractivity contribution is 5.80. The van der Waals surface area contributed by atoms with Crippen molar-refractivity contribution >= 4 is 10.9 Å². The van der Waals surface area contributed by atoms with Gasteiger partial charge in [0.1, 0.15) is 0 Å². The molecule has 2 aromatic rings. The summed E-state index contributed by atoms with van der Waals surface area (Å²) in [5.41, 5.74) is 2.54. The standard InChI is InChI=1S/C11H11NO/c1-2-4-10-8(3-1)5-11(12-10)9-6-13-7-9/h1-5,9,12H,6-7H2. The van der Waals surface area contributed by atoms with Crippen molar-refractivity contribution in [1.82, 2.24) is 4.98 Å². The third-order valence-electron chi connectivity index (χ3n) is 2.63. The summed E-state index contributed by atoms with van der Waals surface area (Å²) in [6.07, 6.45) is 0. The van der Waals surface area contributed by atoms with E-state index in [9.17, 15) is 0 Å². The van der Waals surface area contributed by atoms with Crippen LogP contribution in [0.2, 0.25) is 0 Å². The molecule has 2 heterocycles. The summed E-state index contributed by atoms with van der Waals surface area (Å²) in [7, 11) is 0. The minimum absolute atomic E-state index is 0.590. The third kappa shape index (κ3) is 1.06. The van der Waals surface area contributed by atoms with Gasteiger partial charge in [0, 0.05) is 17.1 Å². The first kappa shape index (κ1) is 7.15. The van der Waals surface area contributed by atoms with Gasteiger partial charge in [-0.05, 0) is 17.5 Å². The molecule has 0 unspecified atom stereocenters. The summed E-state index contributed by atoms with van der Waals surface area (Å²) < 4.78 is 5.17. The number of benzene rings is 1. The Morgan fingerprint density at radius 1 is 1.23 bits per heavy atom. The molecule has 1 aliphatic rings. The first-order chi connectivity index (χ1) is 6.43. The predicted molar refractivity (Wildman–Crippen MR) is 51.9 cm³/mol. The number of aromatic amines is 1. The molecular weight excluding hydrogens is 162 g/mol. The van der Waals surface area contributed by atoms with E-state index in [2.05, 4.69) is 35.3 Å². The molecule has 1 aliphatic heterocycles. The molecule has 1 saturated heterocycles. The molecule has 0 bridgehead atoms. The lowest BCUT2D eigenvalue weighted by molar-refractivity contribution is 0.00700. The Bertz CT molecular complexity index is 395. The SMILES string of the molecule is c1ccc2[nH]c(C3COC3)cc2c1. The lowest BCUT2D eigenvalue weighted by atomic mass is 10.0. The quantitative estimate of drug-likeness (QED) is 0.703. The fraction of sp³-hybridized carbons (Fsp3) is 0.273. The van der Waals surface area contributed by atoms with Gasteiger partial charge in [-0.3, -0.25) is 0 Å². The van der Waals surface area contributed by atoms with E-state index >= 15 is 0 Å². The van der Waals surface area contributed by atoms with Crippen molar-refractivity contribution < 1.29 is 4.74 Å².